The van der Waals surface area contributed by atoms with Crippen LogP contribution in [0.5, 0.6) is 11.6 Å². The Labute approximate surface area is 351 Å². The van der Waals surface area contributed by atoms with Gasteiger partial charge in [-0.25, -0.2) is 9.97 Å². The first-order valence-corrected chi connectivity index (χ1v) is 20.8. The van der Waals surface area contributed by atoms with Gasteiger partial charge in [0.05, 0.1) is 28.1 Å². The summed E-state index contributed by atoms with van der Waals surface area (Å²) in [5, 5.41) is 2.32. The maximum Gasteiger partial charge on any atom is 0.221 e. The summed E-state index contributed by atoms with van der Waals surface area (Å²) in [6, 6.07) is 56.4. The number of pyridine rings is 2. The zero-order valence-corrected chi connectivity index (χ0v) is 34.5. The van der Waals surface area contributed by atoms with Gasteiger partial charge in [-0.15, -0.1) is 0 Å². The van der Waals surface area contributed by atoms with Gasteiger partial charge in [0.15, 0.2) is 0 Å². The monoisotopic (exact) mass is 779 g/mol. The van der Waals surface area contributed by atoms with Crippen molar-refractivity contribution < 1.29 is 4.74 Å². The summed E-state index contributed by atoms with van der Waals surface area (Å²) in [5.74, 6) is 2.12. The molecule has 292 valence electrons. The van der Waals surface area contributed by atoms with Crippen molar-refractivity contribution in [3.8, 4) is 39.7 Å². The van der Waals surface area contributed by atoms with Gasteiger partial charge in [-0.1, -0.05) is 132 Å². The molecule has 3 aromatic heterocycles. The number of anilines is 4. The van der Waals surface area contributed by atoms with Crippen molar-refractivity contribution in [2.24, 2.45) is 0 Å². The largest absolute Gasteiger partial charge is 0.439 e. The van der Waals surface area contributed by atoms with Gasteiger partial charge in [-0.3, -0.25) is 4.57 Å². The standard InChI is InChI=1S/C54H45N5O/c1-53(2,3)36-27-29-55-49(31-36)59-45-20-12-10-17-40(45)41-24-23-38(33-48(41)59)60-50-32-37(28-30-56-50)57-34-58(47-22-14-13-21-46(47)57)52-39(35-15-7-6-8-16-35)25-26-44-51(52)42-18-9-11-19-43(42)54(44,4)5/h6-33H,34H2,1-5H3. The van der Waals surface area contributed by atoms with Crippen LogP contribution in [0.15, 0.2) is 170 Å². The third kappa shape index (κ3) is 5.62. The predicted molar refractivity (Wildman–Crippen MR) is 247 cm³/mol. The second-order valence-electron chi connectivity index (χ2n) is 17.5. The third-order valence-electron chi connectivity index (χ3n) is 12.6. The lowest BCUT2D eigenvalue weighted by molar-refractivity contribution is 0.463. The maximum absolute atomic E-state index is 6.67. The van der Waals surface area contributed by atoms with Gasteiger partial charge >= 0.3 is 0 Å². The van der Waals surface area contributed by atoms with E-state index in [1.54, 1.807) is 0 Å². The molecular weight excluding hydrogens is 735 g/mol. The lowest BCUT2D eigenvalue weighted by Gasteiger charge is -2.28. The second kappa shape index (κ2) is 13.4. The van der Waals surface area contributed by atoms with E-state index < -0.39 is 0 Å². The molecule has 1 aliphatic carbocycles. The smallest absolute Gasteiger partial charge is 0.221 e. The van der Waals surface area contributed by atoms with Gasteiger partial charge < -0.3 is 14.5 Å². The lowest BCUT2D eigenvalue weighted by Crippen LogP contribution is -2.25. The van der Waals surface area contributed by atoms with Crippen LogP contribution in [0.3, 0.4) is 0 Å². The molecule has 0 bridgehead atoms. The SMILES string of the molecule is CC(C)(C)c1ccnc(-n2c3ccccc3c3ccc(Oc4cc(N5CN(c6c(-c7ccccc7)ccc7c6-c6ccccc6C7(C)C)c6ccccc65)ccn4)cc32)c1. The highest BCUT2D eigenvalue weighted by atomic mass is 16.5. The Morgan fingerprint density at radius 1 is 0.583 bits per heavy atom. The number of fused-ring (bicyclic) bond motifs is 7. The highest BCUT2D eigenvalue weighted by molar-refractivity contribution is 6.09. The maximum atomic E-state index is 6.67. The molecule has 0 fully saturated rings. The molecule has 60 heavy (non-hydrogen) atoms. The fraction of sp³-hybridized carbons (Fsp3) is 0.148. The first-order chi connectivity index (χ1) is 29.1. The molecule has 0 N–H and O–H groups in total. The fourth-order valence-electron chi connectivity index (χ4n) is 9.54. The molecule has 0 atom stereocenters. The molecule has 6 nitrogen and oxygen atoms in total. The van der Waals surface area contributed by atoms with Gasteiger partial charge in [-0.05, 0) is 81.8 Å². The van der Waals surface area contributed by atoms with E-state index in [-0.39, 0.29) is 10.8 Å². The van der Waals surface area contributed by atoms with Gasteiger partial charge in [-0.2, -0.15) is 0 Å². The molecule has 0 amide bonds. The summed E-state index contributed by atoms with van der Waals surface area (Å²) in [6.07, 6.45) is 3.76. The number of rotatable bonds is 6. The van der Waals surface area contributed by atoms with E-state index >= 15 is 0 Å². The van der Waals surface area contributed by atoms with Gasteiger partial charge in [0, 0.05) is 57.5 Å². The topological polar surface area (TPSA) is 46.4 Å². The molecule has 11 rings (SSSR count). The van der Waals surface area contributed by atoms with E-state index in [1.807, 2.05) is 18.5 Å². The molecule has 6 heteroatoms. The number of aromatic nitrogens is 3. The van der Waals surface area contributed by atoms with Crippen LogP contribution in [0.25, 0.3) is 49.9 Å². The number of ether oxygens (including phenoxy) is 1. The molecule has 0 saturated carbocycles. The fourth-order valence-corrected chi connectivity index (χ4v) is 9.54. The average molecular weight is 780 g/mol. The number of nitrogens with zero attached hydrogens (tertiary/aromatic N) is 5. The van der Waals surface area contributed by atoms with Crippen molar-refractivity contribution >= 4 is 44.6 Å². The van der Waals surface area contributed by atoms with Crippen molar-refractivity contribution in [1.82, 2.24) is 14.5 Å². The molecule has 2 aliphatic rings. The Morgan fingerprint density at radius 3 is 2.13 bits per heavy atom. The zero-order chi connectivity index (χ0) is 40.8. The van der Waals surface area contributed by atoms with Gasteiger partial charge in [0.2, 0.25) is 5.88 Å². The van der Waals surface area contributed by atoms with Crippen molar-refractivity contribution in [2.45, 2.75) is 45.4 Å². The molecule has 0 saturated heterocycles. The molecule has 6 aromatic carbocycles. The van der Waals surface area contributed by atoms with Crippen molar-refractivity contribution in [1.29, 1.82) is 0 Å². The first-order valence-electron chi connectivity index (χ1n) is 20.8. The average Bonchev–Trinajstić information content (AvgIpc) is 3.89. The van der Waals surface area contributed by atoms with E-state index in [2.05, 4.69) is 201 Å². The minimum absolute atomic E-state index is 0.0120. The van der Waals surface area contributed by atoms with E-state index in [9.17, 15) is 0 Å². The normalized spacial score (nSPS) is 14.1. The van der Waals surface area contributed by atoms with Crippen LogP contribution in [0.4, 0.5) is 22.7 Å². The van der Waals surface area contributed by atoms with E-state index in [0.29, 0.717) is 18.3 Å². The quantitative estimate of drug-likeness (QED) is 0.168. The molecule has 0 spiro atoms. The van der Waals surface area contributed by atoms with Crippen molar-refractivity contribution in [3.05, 3.63) is 187 Å². The lowest BCUT2D eigenvalue weighted by atomic mass is 9.82. The Morgan fingerprint density at radius 2 is 1.30 bits per heavy atom. The Hall–Kier alpha value is -7.18. The van der Waals surface area contributed by atoms with Crippen LogP contribution in [0.1, 0.15) is 51.3 Å². The summed E-state index contributed by atoms with van der Waals surface area (Å²) < 4.78 is 8.91. The molecule has 0 unspecified atom stereocenters. The van der Waals surface area contributed by atoms with E-state index in [4.69, 9.17) is 14.7 Å². The summed E-state index contributed by atoms with van der Waals surface area (Å²) in [5.41, 5.74) is 15.5. The second-order valence-corrected chi connectivity index (χ2v) is 17.5. The van der Waals surface area contributed by atoms with Crippen LogP contribution in [0, 0.1) is 0 Å². The molecule has 4 heterocycles. The number of hydrogen-bond acceptors (Lipinski definition) is 5. The number of hydrogen-bond donors (Lipinski definition) is 0. The highest BCUT2D eigenvalue weighted by Gasteiger charge is 2.40. The number of benzene rings is 6. The van der Waals surface area contributed by atoms with Crippen LogP contribution in [0.2, 0.25) is 0 Å². The van der Waals surface area contributed by atoms with E-state index in [1.165, 1.54) is 50.0 Å². The van der Waals surface area contributed by atoms with E-state index in [0.717, 1.165) is 39.3 Å². The predicted octanol–water partition coefficient (Wildman–Crippen LogP) is 13.9. The zero-order valence-electron chi connectivity index (χ0n) is 34.5. The van der Waals surface area contributed by atoms with Crippen molar-refractivity contribution in [3.63, 3.8) is 0 Å². The summed E-state index contributed by atoms with van der Waals surface area (Å²) >= 11 is 0. The van der Waals surface area contributed by atoms with Crippen LogP contribution in [-0.2, 0) is 10.8 Å². The summed E-state index contributed by atoms with van der Waals surface area (Å²) in [4.78, 5) is 14.5. The molecular formula is C54H45N5O. The van der Waals surface area contributed by atoms with Crippen LogP contribution in [-0.4, -0.2) is 21.2 Å². The summed E-state index contributed by atoms with van der Waals surface area (Å²) in [7, 11) is 0. The Balaban J connectivity index is 0.994. The van der Waals surface area contributed by atoms with Crippen LogP contribution < -0.4 is 14.5 Å². The molecule has 1 aliphatic heterocycles. The number of para-hydroxylation sites is 3. The summed E-state index contributed by atoms with van der Waals surface area (Å²) in [6.45, 7) is 12.0. The van der Waals surface area contributed by atoms with Gasteiger partial charge in [0.25, 0.3) is 0 Å². The Kier molecular flexibility index (Phi) is 8.05. The minimum atomic E-state index is -0.128. The first kappa shape index (κ1) is 35.9. The highest BCUT2D eigenvalue weighted by Crippen LogP contribution is 2.57. The third-order valence-corrected chi connectivity index (χ3v) is 12.6. The van der Waals surface area contributed by atoms with Gasteiger partial charge in [0.1, 0.15) is 18.2 Å². The van der Waals surface area contributed by atoms with Crippen molar-refractivity contribution in [2.75, 3.05) is 16.5 Å². The Bertz CT molecular complexity index is 3140. The molecule has 9 aromatic rings. The van der Waals surface area contributed by atoms with Crippen LogP contribution >= 0.6 is 0 Å². The molecule has 0 radical (unpaired) electrons. The minimum Gasteiger partial charge on any atom is -0.439 e.